The van der Waals surface area contributed by atoms with Crippen molar-refractivity contribution in [3.8, 4) is 5.75 Å². The van der Waals surface area contributed by atoms with Gasteiger partial charge in [0, 0.05) is 13.5 Å². The molecule has 0 saturated heterocycles. The molecule has 2 rings (SSSR count). The molecule has 0 aliphatic rings. The van der Waals surface area contributed by atoms with Crippen LogP contribution in [0.5, 0.6) is 5.75 Å². The second-order valence-electron chi connectivity index (χ2n) is 5.92. The zero-order valence-electron chi connectivity index (χ0n) is 17.0. The molecule has 2 aromatic carbocycles. The van der Waals surface area contributed by atoms with Gasteiger partial charge in [-0.05, 0) is 37.4 Å². The lowest BCUT2D eigenvalue weighted by Crippen LogP contribution is -2.28. The number of esters is 2. The van der Waals surface area contributed by atoms with Gasteiger partial charge in [0.05, 0.1) is 5.56 Å². The van der Waals surface area contributed by atoms with Gasteiger partial charge in [-0.25, -0.2) is 9.59 Å². The molecule has 0 heterocycles. The minimum atomic E-state index is -0.879. The lowest BCUT2D eigenvalue weighted by molar-refractivity contribution is -0.131. The predicted molar refractivity (Wildman–Crippen MR) is 109 cm³/mol. The molecule has 156 valence electrons. The lowest BCUT2D eigenvalue weighted by Gasteiger charge is -2.17. The molecule has 0 radical (unpaired) electrons. The van der Waals surface area contributed by atoms with E-state index >= 15 is 0 Å². The van der Waals surface area contributed by atoms with Crippen LogP contribution in [0.2, 0.25) is 0 Å². The maximum atomic E-state index is 12.0. The first-order chi connectivity index (χ1) is 13.9. The van der Waals surface area contributed by atoms with Gasteiger partial charge in [-0.3, -0.25) is 4.79 Å². The Morgan fingerprint density at radius 3 is 2.03 bits per heavy atom. The fraction of sp³-hybridized carbons (Fsp3) is 0.318. The highest BCUT2D eigenvalue weighted by Gasteiger charge is 2.15. The van der Waals surface area contributed by atoms with Crippen LogP contribution in [0, 0.1) is 0 Å². The van der Waals surface area contributed by atoms with E-state index in [9.17, 15) is 14.4 Å². The van der Waals surface area contributed by atoms with Crippen molar-refractivity contribution >= 4 is 17.9 Å². The molecule has 0 unspecified atom stereocenters. The van der Waals surface area contributed by atoms with Crippen molar-refractivity contribution in [1.82, 2.24) is 4.90 Å². The van der Waals surface area contributed by atoms with Gasteiger partial charge in [-0.2, -0.15) is 0 Å². The van der Waals surface area contributed by atoms with Crippen LogP contribution in [0.3, 0.4) is 0 Å². The number of hydrogen-bond donors (Lipinski definition) is 1. The summed E-state index contributed by atoms with van der Waals surface area (Å²) in [5.41, 5.74) is 0.597. The molecule has 0 atom stereocenters. The van der Waals surface area contributed by atoms with Gasteiger partial charge in [-0.1, -0.05) is 44.2 Å². The average Bonchev–Trinajstić information content (AvgIpc) is 2.72. The summed E-state index contributed by atoms with van der Waals surface area (Å²) >= 11 is 0. The summed E-state index contributed by atoms with van der Waals surface area (Å²) in [6.45, 7) is 8.24. The Labute approximate surface area is 170 Å². The van der Waals surface area contributed by atoms with Gasteiger partial charge in [0.2, 0.25) is 0 Å². The standard InChI is InChI=1S/C15H21NO4.C7H6O2/c1-4-16(5-2)10-11-19-15(18)13-8-6-7-9-14(13)20-12(3)17;8-7(9)6-4-2-1-3-5-6/h6-9H,4-5,10-11H2,1-3H3;1-5H,(H,8,9). The molecule has 1 N–H and O–H groups in total. The molecule has 2 aromatic rings. The van der Waals surface area contributed by atoms with E-state index in [4.69, 9.17) is 14.6 Å². The third kappa shape index (κ3) is 9.03. The van der Waals surface area contributed by atoms with Crippen LogP contribution >= 0.6 is 0 Å². The fourth-order valence-corrected chi connectivity index (χ4v) is 2.34. The maximum Gasteiger partial charge on any atom is 0.341 e. The van der Waals surface area contributed by atoms with Crippen LogP contribution in [0.1, 0.15) is 41.5 Å². The van der Waals surface area contributed by atoms with Gasteiger partial charge in [-0.15, -0.1) is 0 Å². The molecule has 7 nitrogen and oxygen atoms in total. The van der Waals surface area contributed by atoms with Crippen LogP contribution in [0.4, 0.5) is 0 Å². The number of carbonyl (C=O) groups is 3. The number of rotatable bonds is 8. The molecular weight excluding hydrogens is 374 g/mol. The first-order valence-electron chi connectivity index (χ1n) is 9.34. The number of likely N-dealkylation sites (N-methyl/N-ethyl adjacent to an activating group) is 1. The Kier molecular flexibility index (Phi) is 10.7. The number of hydrogen-bond acceptors (Lipinski definition) is 6. The molecule has 0 aliphatic heterocycles. The van der Waals surface area contributed by atoms with Crippen LogP contribution in [0.25, 0.3) is 0 Å². The Morgan fingerprint density at radius 2 is 1.52 bits per heavy atom. The van der Waals surface area contributed by atoms with E-state index in [1.165, 1.54) is 6.92 Å². The highest BCUT2D eigenvalue weighted by atomic mass is 16.5. The Bertz CT molecular complexity index is 787. The number of nitrogens with zero attached hydrogens (tertiary/aromatic N) is 1. The Hall–Kier alpha value is -3.19. The number of ether oxygens (including phenoxy) is 2. The minimum absolute atomic E-state index is 0.229. The van der Waals surface area contributed by atoms with E-state index < -0.39 is 17.9 Å². The normalized spacial score (nSPS) is 9.93. The van der Waals surface area contributed by atoms with Crippen molar-refractivity contribution in [2.45, 2.75) is 20.8 Å². The summed E-state index contributed by atoms with van der Waals surface area (Å²) in [6.07, 6.45) is 0. The van der Waals surface area contributed by atoms with Crippen LogP contribution in [-0.4, -0.2) is 54.2 Å². The molecule has 29 heavy (non-hydrogen) atoms. The molecular formula is C22H27NO6. The summed E-state index contributed by atoms with van der Waals surface area (Å²) in [5, 5.41) is 8.38. The van der Waals surface area contributed by atoms with Crippen LogP contribution in [-0.2, 0) is 9.53 Å². The molecule has 0 bridgehead atoms. The number of carboxylic acid groups (broad SMARTS) is 1. The zero-order valence-corrected chi connectivity index (χ0v) is 17.0. The largest absolute Gasteiger partial charge is 0.478 e. The van der Waals surface area contributed by atoms with Crippen LogP contribution in [0.15, 0.2) is 54.6 Å². The number of aromatic carboxylic acids is 1. The SMILES string of the molecule is CCN(CC)CCOC(=O)c1ccccc1OC(C)=O.O=C(O)c1ccccc1. The Balaban J connectivity index is 0.000000387. The van der Waals surface area contributed by atoms with Gasteiger partial charge in [0.1, 0.15) is 17.9 Å². The van der Waals surface area contributed by atoms with E-state index in [2.05, 4.69) is 18.7 Å². The number of benzene rings is 2. The summed E-state index contributed by atoms with van der Waals surface area (Å²) < 4.78 is 10.2. The molecule has 0 amide bonds. The number of para-hydroxylation sites is 1. The number of carboxylic acids is 1. The molecule has 0 aromatic heterocycles. The van der Waals surface area contributed by atoms with E-state index in [1.807, 2.05) is 0 Å². The summed E-state index contributed by atoms with van der Waals surface area (Å²) in [7, 11) is 0. The average molecular weight is 401 g/mol. The van der Waals surface area contributed by atoms with Gasteiger partial charge < -0.3 is 19.5 Å². The topological polar surface area (TPSA) is 93.1 Å². The van der Waals surface area contributed by atoms with Gasteiger partial charge in [0.25, 0.3) is 0 Å². The minimum Gasteiger partial charge on any atom is -0.478 e. The molecule has 0 saturated carbocycles. The summed E-state index contributed by atoms with van der Waals surface area (Å²) in [4.78, 5) is 35.3. The highest BCUT2D eigenvalue weighted by Crippen LogP contribution is 2.19. The van der Waals surface area contributed by atoms with Crippen LogP contribution < -0.4 is 4.74 Å². The second kappa shape index (κ2) is 13.1. The number of carbonyl (C=O) groups excluding carboxylic acids is 2. The van der Waals surface area contributed by atoms with Crippen molar-refractivity contribution in [3.63, 3.8) is 0 Å². The van der Waals surface area contributed by atoms with Crippen molar-refractivity contribution < 1.29 is 29.0 Å². The van der Waals surface area contributed by atoms with E-state index in [0.717, 1.165) is 13.1 Å². The summed E-state index contributed by atoms with van der Waals surface area (Å²) in [6, 6.07) is 14.9. The van der Waals surface area contributed by atoms with Crippen molar-refractivity contribution in [2.75, 3.05) is 26.2 Å². The molecule has 0 aliphatic carbocycles. The van der Waals surface area contributed by atoms with E-state index in [-0.39, 0.29) is 11.3 Å². The quantitative estimate of drug-likeness (QED) is 0.534. The maximum absolute atomic E-state index is 12.0. The Morgan fingerprint density at radius 1 is 0.931 bits per heavy atom. The third-order valence-corrected chi connectivity index (χ3v) is 3.92. The van der Waals surface area contributed by atoms with Gasteiger partial charge in [0.15, 0.2) is 0 Å². The highest BCUT2D eigenvalue weighted by molar-refractivity contribution is 5.93. The first-order valence-corrected chi connectivity index (χ1v) is 9.34. The zero-order chi connectivity index (χ0) is 21.6. The molecule has 7 heteroatoms. The monoisotopic (exact) mass is 401 g/mol. The second-order valence-corrected chi connectivity index (χ2v) is 5.92. The smallest absolute Gasteiger partial charge is 0.341 e. The van der Waals surface area contributed by atoms with E-state index in [0.29, 0.717) is 18.7 Å². The molecule has 0 fully saturated rings. The molecule has 0 spiro atoms. The van der Waals surface area contributed by atoms with Gasteiger partial charge >= 0.3 is 17.9 Å². The lowest BCUT2D eigenvalue weighted by atomic mass is 10.2. The van der Waals surface area contributed by atoms with Crippen molar-refractivity contribution in [1.29, 1.82) is 0 Å². The van der Waals surface area contributed by atoms with E-state index in [1.54, 1.807) is 54.6 Å². The first kappa shape index (κ1) is 23.8. The predicted octanol–water partition coefficient (Wildman–Crippen LogP) is 3.50. The summed E-state index contributed by atoms with van der Waals surface area (Å²) in [5.74, 6) is -1.59. The van der Waals surface area contributed by atoms with Crippen molar-refractivity contribution in [3.05, 3.63) is 65.7 Å². The van der Waals surface area contributed by atoms with Crippen molar-refractivity contribution in [2.24, 2.45) is 0 Å². The fourth-order valence-electron chi connectivity index (χ4n) is 2.34. The third-order valence-electron chi connectivity index (χ3n) is 3.92.